The maximum Gasteiger partial charge on any atom is 0.313 e. The quantitative estimate of drug-likeness (QED) is 0.879. The van der Waals surface area contributed by atoms with Crippen molar-refractivity contribution in [2.45, 2.75) is 12.1 Å². The van der Waals surface area contributed by atoms with Crippen LogP contribution >= 0.6 is 23.4 Å². The average molecular weight is 308 g/mol. The molecule has 1 heterocycles. The van der Waals surface area contributed by atoms with Gasteiger partial charge in [-0.15, -0.1) is 0 Å². The van der Waals surface area contributed by atoms with Crippen molar-refractivity contribution in [3.05, 3.63) is 40.7 Å². The molecule has 102 valence electrons. The van der Waals surface area contributed by atoms with E-state index in [0.717, 1.165) is 17.5 Å². The van der Waals surface area contributed by atoms with E-state index in [-0.39, 0.29) is 5.75 Å². The molecule has 0 unspecified atom stereocenters. The number of aliphatic carboxylic acids is 1. The van der Waals surface area contributed by atoms with Crippen LogP contribution in [0.4, 0.5) is 0 Å². The second-order valence-electron chi connectivity index (χ2n) is 4.00. The molecule has 2 rings (SSSR count). The first-order valence-electron chi connectivity index (χ1n) is 5.62. The third kappa shape index (κ3) is 3.13. The maximum atomic E-state index is 10.7. The molecule has 1 N–H and O–H groups in total. The maximum absolute atomic E-state index is 10.7. The molecular formula is C13H10ClN3O2S. The number of aryl methyl sites for hydroxylation is 1. The second-order valence-corrected chi connectivity index (χ2v) is 5.34. The van der Waals surface area contributed by atoms with Crippen molar-refractivity contribution in [1.29, 1.82) is 5.26 Å². The van der Waals surface area contributed by atoms with Crippen LogP contribution in [-0.2, 0) is 4.79 Å². The van der Waals surface area contributed by atoms with Gasteiger partial charge in [0.1, 0.15) is 0 Å². The summed E-state index contributed by atoms with van der Waals surface area (Å²) in [4.78, 5) is 14.9. The fourth-order valence-electron chi connectivity index (χ4n) is 1.64. The number of rotatable bonds is 4. The molecule has 1 aromatic carbocycles. The fraction of sp³-hybridized carbons (Fsp3) is 0.154. The van der Waals surface area contributed by atoms with E-state index in [0.29, 0.717) is 21.4 Å². The highest BCUT2D eigenvalue weighted by Crippen LogP contribution is 2.27. The van der Waals surface area contributed by atoms with Crippen LogP contribution in [0.15, 0.2) is 29.6 Å². The van der Waals surface area contributed by atoms with Crippen LogP contribution in [0.25, 0.3) is 5.69 Å². The Morgan fingerprint density at radius 1 is 1.60 bits per heavy atom. The minimum absolute atomic E-state index is 0.0913. The standard InChI is InChI=1S/C13H10ClN3O2S/c1-8-6-17(13(16-8)20-7-12(18)19)11-4-9(5-15)2-3-10(11)14/h2-4,6H,7H2,1H3,(H,18,19). The molecule has 7 heteroatoms. The van der Waals surface area contributed by atoms with Gasteiger partial charge in [0.05, 0.1) is 33.8 Å². The van der Waals surface area contributed by atoms with Gasteiger partial charge in [-0.05, 0) is 25.1 Å². The lowest BCUT2D eigenvalue weighted by Crippen LogP contribution is -2.02. The Labute approximate surface area is 124 Å². The third-order valence-corrected chi connectivity index (χ3v) is 3.71. The van der Waals surface area contributed by atoms with Crippen molar-refractivity contribution in [3.8, 4) is 11.8 Å². The van der Waals surface area contributed by atoms with Crippen molar-refractivity contribution < 1.29 is 9.90 Å². The minimum atomic E-state index is -0.918. The number of carboxylic acid groups (broad SMARTS) is 1. The number of imidazole rings is 1. The molecule has 2 aromatic rings. The molecule has 20 heavy (non-hydrogen) atoms. The van der Waals surface area contributed by atoms with Gasteiger partial charge in [-0.25, -0.2) is 4.98 Å². The van der Waals surface area contributed by atoms with Gasteiger partial charge < -0.3 is 5.11 Å². The van der Waals surface area contributed by atoms with Crippen molar-refractivity contribution in [2.75, 3.05) is 5.75 Å². The van der Waals surface area contributed by atoms with Crippen LogP contribution in [0.5, 0.6) is 0 Å². The summed E-state index contributed by atoms with van der Waals surface area (Å²) in [6.07, 6.45) is 1.76. The molecule has 0 amide bonds. The minimum Gasteiger partial charge on any atom is -0.481 e. The highest BCUT2D eigenvalue weighted by molar-refractivity contribution is 7.99. The predicted octanol–water partition coefficient (Wildman–Crippen LogP) is 2.88. The number of aromatic nitrogens is 2. The van der Waals surface area contributed by atoms with E-state index in [2.05, 4.69) is 4.98 Å². The molecule has 0 fully saturated rings. The van der Waals surface area contributed by atoms with E-state index in [1.165, 1.54) is 0 Å². The number of hydrogen-bond acceptors (Lipinski definition) is 4. The first-order chi connectivity index (χ1) is 9.51. The summed E-state index contributed by atoms with van der Waals surface area (Å²) in [5, 5.41) is 18.7. The van der Waals surface area contributed by atoms with Crippen molar-refractivity contribution in [1.82, 2.24) is 9.55 Å². The smallest absolute Gasteiger partial charge is 0.313 e. The van der Waals surface area contributed by atoms with Crippen molar-refractivity contribution in [2.24, 2.45) is 0 Å². The van der Waals surface area contributed by atoms with E-state index in [1.54, 1.807) is 29.0 Å². The van der Waals surface area contributed by atoms with E-state index in [1.807, 2.05) is 13.0 Å². The molecule has 0 atom stereocenters. The Bertz CT molecular complexity index is 706. The number of hydrogen-bond donors (Lipinski definition) is 1. The summed E-state index contributed by atoms with van der Waals surface area (Å²) in [5.41, 5.74) is 1.83. The van der Waals surface area contributed by atoms with Crippen LogP contribution in [0, 0.1) is 18.3 Å². The van der Waals surface area contributed by atoms with Gasteiger partial charge in [-0.2, -0.15) is 5.26 Å². The monoisotopic (exact) mass is 307 g/mol. The number of carboxylic acids is 1. The molecule has 0 saturated carbocycles. The number of nitriles is 1. The summed E-state index contributed by atoms with van der Waals surface area (Å²) < 4.78 is 1.70. The zero-order valence-electron chi connectivity index (χ0n) is 10.5. The van der Waals surface area contributed by atoms with E-state index < -0.39 is 5.97 Å². The number of benzene rings is 1. The first-order valence-corrected chi connectivity index (χ1v) is 6.98. The van der Waals surface area contributed by atoms with Gasteiger partial charge >= 0.3 is 5.97 Å². The largest absolute Gasteiger partial charge is 0.481 e. The average Bonchev–Trinajstić information content (AvgIpc) is 2.78. The van der Waals surface area contributed by atoms with Crippen molar-refractivity contribution in [3.63, 3.8) is 0 Å². The normalized spacial score (nSPS) is 10.2. The molecule has 5 nitrogen and oxygen atoms in total. The van der Waals surface area contributed by atoms with Crippen LogP contribution in [-0.4, -0.2) is 26.4 Å². The van der Waals surface area contributed by atoms with Crippen LogP contribution in [0.3, 0.4) is 0 Å². The Kier molecular flexibility index (Phi) is 4.32. The number of halogens is 1. The molecule has 0 aliphatic rings. The van der Waals surface area contributed by atoms with Gasteiger partial charge in [-0.1, -0.05) is 23.4 Å². The van der Waals surface area contributed by atoms with Gasteiger partial charge in [0.25, 0.3) is 0 Å². The SMILES string of the molecule is Cc1cn(-c2cc(C#N)ccc2Cl)c(SCC(=O)O)n1. The molecule has 0 saturated heterocycles. The zero-order valence-corrected chi connectivity index (χ0v) is 12.1. The highest BCUT2D eigenvalue weighted by Gasteiger charge is 2.13. The molecule has 0 spiro atoms. The number of carbonyl (C=O) groups is 1. The van der Waals surface area contributed by atoms with E-state index >= 15 is 0 Å². The predicted molar refractivity (Wildman–Crippen MR) is 76.4 cm³/mol. The summed E-state index contributed by atoms with van der Waals surface area (Å²) >= 11 is 7.25. The van der Waals surface area contributed by atoms with Crippen LogP contribution in [0.2, 0.25) is 5.02 Å². The second kappa shape index (κ2) is 5.99. The first kappa shape index (κ1) is 14.4. The van der Waals surface area contributed by atoms with E-state index in [4.69, 9.17) is 22.0 Å². The molecule has 0 bridgehead atoms. The Morgan fingerprint density at radius 3 is 3.00 bits per heavy atom. The highest BCUT2D eigenvalue weighted by atomic mass is 35.5. The number of nitrogens with zero attached hydrogens (tertiary/aromatic N) is 3. The molecule has 0 aliphatic carbocycles. The Hall–Kier alpha value is -1.97. The summed E-state index contributed by atoms with van der Waals surface area (Å²) in [6, 6.07) is 6.95. The topological polar surface area (TPSA) is 78.9 Å². The lowest BCUT2D eigenvalue weighted by Gasteiger charge is -2.09. The summed E-state index contributed by atoms with van der Waals surface area (Å²) in [7, 11) is 0. The van der Waals surface area contributed by atoms with Crippen molar-refractivity contribution >= 4 is 29.3 Å². The van der Waals surface area contributed by atoms with Crippen LogP contribution in [0.1, 0.15) is 11.3 Å². The summed E-state index contributed by atoms with van der Waals surface area (Å²) in [5.74, 6) is -1.01. The summed E-state index contributed by atoms with van der Waals surface area (Å²) in [6.45, 7) is 1.81. The molecule has 1 aromatic heterocycles. The van der Waals surface area contributed by atoms with Crippen LogP contribution < -0.4 is 0 Å². The van der Waals surface area contributed by atoms with Gasteiger partial charge in [0, 0.05) is 6.20 Å². The molecular weight excluding hydrogens is 298 g/mol. The third-order valence-electron chi connectivity index (χ3n) is 2.45. The fourth-order valence-corrected chi connectivity index (χ4v) is 2.60. The van der Waals surface area contributed by atoms with Gasteiger partial charge in [0.15, 0.2) is 5.16 Å². The lowest BCUT2D eigenvalue weighted by atomic mass is 10.2. The Morgan fingerprint density at radius 2 is 2.35 bits per heavy atom. The van der Waals surface area contributed by atoms with Gasteiger partial charge in [0.2, 0.25) is 0 Å². The zero-order chi connectivity index (χ0) is 14.7. The van der Waals surface area contributed by atoms with Gasteiger partial charge in [-0.3, -0.25) is 9.36 Å². The number of thioether (sulfide) groups is 1. The van der Waals surface area contributed by atoms with E-state index in [9.17, 15) is 4.79 Å². The Balaban J connectivity index is 2.47. The molecule has 0 radical (unpaired) electrons. The molecule has 0 aliphatic heterocycles. The lowest BCUT2D eigenvalue weighted by molar-refractivity contribution is -0.133.